The van der Waals surface area contributed by atoms with E-state index in [4.69, 9.17) is 20.1 Å². The van der Waals surface area contributed by atoms with Crippen molar-refractivity contribution in [2.24, 2.45) is 5.92 Å². The van der Waals surface area contributed by atoms with Gasteiger partial charge in [-0.25, -0.2) is 9.59 Å². The third kappa shape index (κ3) is 6.39. The van der Waals surface area contributed by atoms with Crippen LogP contribution < -0.4 is 0 Å². The molecule has 0 aliphatic heterocycles. The van der Waals surface area contributed by atoms with Crippen molar-refractivity contribution in [3.8, 4) is 11.5 Å². The van der Waals surface area contributed by atoms with Gasteiger partial charge in [0.2, 0.25) is 0 Å². The molecule has 0 saturated heterocycles. The number of aromatic carboxylic acids is 1. The van der Waals surface area contributed by atoms with Crippen molar-refractivity contribution in [1.82, 2.24) is 0 Å². The Morgan fingerprint density at radius 3 is 2.04 bits per heavy atom. The van der Waals surface area contributed by atoms with Gasteiger partial charge < -0.3 is 20.1 Å². The molecule has 6 nitrogen and oxygen atoms in total. The molecule has 0 aromatic heterocycles. The van der Waals surface area contributed by atoms with Gasteiger partial charge in [0.1, 0.15) is 17.1 Å². The summed E-state index contributed by atoms with van der Waals surface area (Å²) < 4.78 is 5.01. The predicted molar refractivity (Wildman–Crippen MR) is 88.3 cm³/mol. The topological polar surface area (TPSA) is 104 Å². The Hall–Kier alpha value is -3.02. The molecule has 0 unspecified atom stereocenters. The van der Waals surface area contributed by atoms with E-state index in [1.165, 1.54) is 36.4 Å². The predicted octanol–water partition coefficient (Wildman–Crippen LogP) is 3.30. The van der Waals surface area contributed by atoms with Crippen LogP contribution >= 0.6 is 0 Å². The van der Waals surface area contributed by atoms with E-state index in [1.807, 2.05) is 13.8 Å². The molecule has 0 radical (unpaired) electrons. The van der Waals surface area contributed by atoms with Crippen LogP contribution in [0.2, 0.25) is 0 Å². The second kappa shape index (κ2) is 9.19. The van der Waals surface area contributed by atoms with Crippen LogP contribution in [-0.2, 0) is 4.74 Å². The highest BCUT2D eigenvalue weighted by molar-refractivity contribution is 5.90. The molecule has 24 heavy (non-hydrogen) atoms. The minimum absolute atomic E-state index is 0.0671. The van der Waals surface area contributed by atoms with E-state index in [2.05, 4.69) is 0 Å². The molecule has 128 valence electrons. The van der Waals surface area contributed by atoms with Crippen LogP contribution in [0.3, 0.4) is 0 Å². The second-order valence-corrected chi connectivity index (χ2v) is 5.36. The minimum Gasteiger partial charge on any atom is -0.508 e. The number of esters is 1. The molecule has 0 spiro atoms. The summed E-state index contributed by atoms with van der Waals surface area (Å²) in [5.74, 6) is -1.19. The molecular weight excluding hydrogens is 312 g/mol. The van der Waals surface area contributed by atoms with E-state index < -0.39 is 5.97 Å². The van der Waals surface area contributed by atoms with Crippen LogP contribution in [0.15, 0.2) is 48.5 Å². The summed E-state index contributed by atoms with van der Waals surface area (Å²) >= 11 is 0. The molecule has 0 aliphatic carbocycles. The molecule has 0 heterocycles. The zero-order valence-electron chi connectivity index (χ0n) is 13.5. The van der Waals surface area contributed by atoms with Crippen molar-refractivity contribution in [2.45, 2.75) is 13.8 Å². The lowest BCUT2D eigenvalue weighted by molar-refractivity contribution is 0.0458. The number of aromatic hydroxyl groups is 2. The van der Waals surface area contributed by atoms with Crippen molar-refractivity contribution >= 4 is 11.9 Å². The molecule has 0 atom stereocenters. The molecular formula is C18H20O6. The summed E-state index contributed by atoms with van der Waals surface area (Å²) in [6, 6.07) is 11.8. The third-order valence-electron chi connectivity index (χ3n) is 2.79. The van der Waals surface area contributed by atoms with Gasteiger partial charge in [0, 0.05) is 0 Å². The molecule has 2 rings (SSSR count). The van der Waals surface area contributed by atoms with Crippen molar-refractivity contribution < 1.29 is 29.6 Å². The summed E-state index contributed by atoms with van der Waals surface area (Å²) in [5.41, 5.74) is 0.394. The fourth-order valence-electron chi connectivity index (χ4n) is 1.58. The smallest absolute Gasteiger partial charge is 0.339 e. The zero-order valence-corrected chi connectivity index (χ0v) is 13.5. The van der Waals surface area contributed by atoms with E-state index in [0.29, 0.717) is 18.1 Å². The number of phenols is 2. The van der Waals surface area contributed by atoms with Gasteiger partial charge in [-0.3, -0.25) is 0 Å². The van der Waals surface area contributed by atoms with Gasteiger partial charge in [0.15, 0.2) is 0 Å². The summed E-state index contributed by atoms with van der Waals surface area (Å²) in [6.45, 7) is 4.37. The maximum Gasteiger partial charge on any atom is 0.339 e. The second-order valence-electron chi connectivity index (χ2n) is 5.36. The first kappa shape index (κ1) is 19.0. The number of carbonyl (C=O) groups is 2. The Balaban J connectivity index is 0.000000254. The lowest BCUT2D eigenvalue weighted by Crippen LogP contribution is -2.09. The van der Waals surface area contributed by atoms with Crippen LogP contribution in [0.1, 0.15) is 34.6 Å². The van der Waals surface area contributed by atoms with E-state index in [-0.39, 0.29) is 23.0 Å². The molecule has 3 N–H and O–H groups in total. The number of carbonyl (C=O) groups excluding carboxylic acids is 1. The van der Waals surface area contributed by atoms with Gasteiger partial charge in [-0.15, -0.1) is 0 Å². The fourth-order valence-corrected chi connectivity index (χ4v) is 1.58. The van der Waals surface area contributed by atoms with Crippen LogP contribution in [0.4, 0.5) is 0 Å². The monoisotopic (exact) mass is 332 g/mol. The summed E-state index contributed by atoms with van der Waals surface area (Å²) in [6.07, 6.45) is 0. The van der Waals surface area contributed by atoms with Crippen molar-refractivity contribution in [3.05, 3.63) is 59.7 Å². The molecule has 2 aromatic carbocycles. The standard InChI is InChI=1S/C11H14O3.C7H6O3/c1-8(2)7-14-11(13)9-3-5-10(12)6-4-9;8-6-4-2-1-3-5(6)7(9)10/h3-6,8,12H,7H2,1-2H3;1-4,8H,(H,9,10). The van der Waals surface area contributed by atoms with Gasteiger partial charge in [0.25, 0.3) is 0 Å². The number of rotatable bonds is 4. The maximum atomic E-state index is 11.4. The SMILES string of the molecule is CC(C)COC(=O)c1ccc(O)cc1.O=C(O)c1ccccc1O. The third-order valence-corrected chi connectivity index (χ3v) is 2.79. The molecule has 0 saturated carbocycles. The number of carboxylic acids is 1. The quantitative estimate of drug-likeness (QED) is 0.742. The number of carboxylic acid groups (broad SMARTS) is 1. The van der Waals surface area contributed by atoms with E-state index in [0.717, 1.165) is 0 Å². The average molecular weight is 332 g/mol. The Kier molecular flexibility index (Phi) is 7.29. The molecule has 0 bridgehead atoms. The molecule has 0 fully saturated rings. The molecule has 0 amide bonds. The Morgan fingerprint density at radius 2 is 1.58 bits per heavy atom. The highest BCUT2D eigenvalue weighted by Gasteiger charge is 2.07. The van der Waals surface area contributed by atoms with Crippen LogP contribution in [0.5, 0.6) is 11.5 Å². The number of ether oxygens (including phenoxy) is 1. The van der Waals surface area contributed by atoms with Crippen molar-refractivity contribution in [2.75, 3.05) is 6.61 Å². The maximum absolute atomic E-state index is 11.4. The first-order valence-corrected chi connectivity index (χ1v) is 7.28. The van der Waals surface area contributed by atoms with Gasteiger partial charge in [-0.2, -0.15) is 0 Å². The normalized spacial score (nSPS) is 9.79. The summed E-state index contributed by atoms with van der Waals surface area (Å²) in [5, 5.41) is 26.3. The summed E-state index contributed by atoms with van der Waals surface area (Å²) in [4.78, 5) is 21.6. The minimum atomic E-state index is -1.11. The highest BCUT2D eigenvalue weighted by Crippen LogP contribution is 2.14. The zero-order chi connectivity index (χ0) is 18.1. The van der Waals surface area contributed by atoms with Gasteiger partial charge in [0.05, 0.1) is 12.2 Å². The number of phenolic OH excluding ortho intramolecular Hbond substituents is 1. The Labute approximate surface area is 140 Å². The number of para-hydroxylation sites is 1. The van der Waals surface area contributed by atoms with Crippen LogP contribution in [0, 0.1) is 5.92 Å². The number of benzene rings is 2. The Bertz CT molecular complexity index is 676. The van der Waals surface area contributed by atoms with Crippen LogP contribution in [0.25, 0.3) is 0 Å². The van der Waals surface area contributed by atoms with Gasteiger partial charge in [-0.1, -0.05) is 26.0 Å². The first-order valence-electron chi connectivity index (χ1n) is 7.28. The number of hydrogen-bond donors (Lipinski definition) is 3. The van der Waals surface area contributed by atoms with E-state index >= 15 is 0 Å². The molecule has 0 aliphatic rings. The van der Waals surface area contributed by atoms with Gasteiger partial charge >= 0.3 is 11.9 Å². The van der Waals surface area contributed by atoms with E-state index in [1.54, 1.807) is 12.1 Å². The fraction of sp³-hybridized carbons (Fsp3) is 0.222. The van der Waals surface area contributed by atoms with Crippen molar-refractivity contribution in [3.63, 3.8) is 0 Å². The first-order chi connectivity index (χ1) is 11.3. The highest BCUT2D eigenvalue weighted by atomic mass is 16.5. The lowest BCUT2D eigenvalue weighted by Gasteiger charge is -2.06. The van der Waals surface area contributed by atoms with Crippen LogP contribution in [-0.4, -0.2) is 33.9 Å². The average Bonchev–Trinajstić information content (AvgIpc) is 2.54. The van der Waals surface area contributed by atoms with E-state index in [9.17, 15) is 9.59 Å². The lowest BCUT2D eigenvalue weighted by atomic mass is 10.2. The number of hydrogen-bond acceptors (Lipinski definition) is 5. The van der Waals surface area contributed by atoms with Crippen molar-refractivity contribution in [1.29, 1.82) is 0 Å². The molecule has 6 heteroatoms. The largest absolute Gasteiger partial charge is 0.508 e. The van der Waals surface area contributed by atoms with Gasteiger partial charge in [-0.05, 0) is 42.3 Å². The molecule has 2 aromatic rings. The summed E-state index contributed by atoms with van der Waals surface area (Å²) in [7, 11) is 0. The Morgan fingerprint density at radius 1 is 1.00 bits per heavy atom.